The highest BCUT2D eigenvalue weighted by Gasteiger charge is 2.34. The molecule has 17 heavy (non-hydrogen) atoms. The standard InChI is InChI=1S/C13H17N3O/c1-9-6-7-10-12(14-9)16-8-4-2-3-5-11(16)13(17)15-10/h6-7,11H,2-5,8H2,1H3,(H,15,17). The number of carbonyl (C=O) groups excluding carboxylic acids is 1. The average molecular weight is 231 g/mol. The Kier molecular flexibility index (Phi) is 2.50. The van der Waals surface area contributed by atoms with Crippen LogP contribution in [0.1, 0.15) is 31.4 Å². The van der Waals surface area contributed by atoms with E-state index in [1.54, 1.807) is 0 Å². The molecule has 2 aliphatic rings. The Morgan fingerprint density at radius 2 is 2.24 bits per heavy atom. The minimum atomic E-state index is -0.0145. The van der Waals surface area contributed by atoms with Crippen LogP contribution in [0.3, 0.4) is 0 Å². The van der Waals surface area contributed by atoms with Crippen molar-refractivity contribution in [3.05, 3.63) is 17.8 Å². The molecule has 90 valence electrons. The second-order valence-corrected chi connectivity index (χ2v) is 4.87. The van der Waals surface area contributed by atoms with E-state index in [0.29, 0.717) is 0 Å². The van der Waals surface area contributed by atoms with Crippen molar-refractivity contribution >= 4 is 17.4 Å². The van der Waals surface area contributed by atoms with Crippen LogP contribution in [0.2, 0.25) is 0 Å². The number of amides is 1. The number of rotatable bonds is 0. The fourth-order valence-electron chi connectivity index (χ4n) is 2.71. The lowest BCUT2D eigenvalue weighted by Gasteiger charge is -2.35. The van der Waals surface area contributed by atoms with Crippen LogP contribution in [0.4, 0.5) is 11.5 Å². The Labute approximate surface area is 101 Å². The van der Waals surface area contributed by atoms with Crippen molar-refractivity contribution in [2.75, 3.05) is 16.8 Å². The lowest BCUT2D eigenvalue weighted by atomic mass is 10.1. The van der Waals surface area contributed by atoms with Crippen LogP contribution in [0, 0.1) is 6.92 Å². The van der Waals surface area contributed by atoms with Crippen molar-refractivity contribution in [2.45, 2.75) is 38.6 Å². The molecule has 1 aromatic rings. The molecule has 4 nitrogen and oxygen atoms in total. The van der Waals surface area contributed by atoms with Gasteiger partial charge in [0.1, 0.15) is 6.04 Å². The first-order chi connectivity index (χ1) is 8.25. The number of carbonyl (C=O) groups is 1. The number of nitrogens with one attached hydrogen (secondary N) is 1. The van der Waals surface area contributed by atoms with E-state index in [2.05, 4.69) is 15.2 Å². The van der Waals surface area contributed by atoms with E-state index in [4.69, 9.17) is 0 Å². The first kappa shape index (κ1) is 10.6. The molecule has 0 saturated carbocycles. The van der Waals surface area contributed by atoms with Gasteiger partial charge in [0.15, 0.2) is 5.82 Å². The Balaban J connectivity index is 2.05. The molecule has 4 heteroatoms. The lowest BCUT2D eigenvalue weighted by Crippen LogP contribution is -2.48. The summed E-state index contributed by atoms with van der Waals surface area (Å²) in [6, 6.07) is 3.88. The van der Waals surface area contributed by atoms with Gasteiger partial charge >= 0.3 is 0 Å². The van der Waals surface area contributed by atoms with Crippen LogP contribution < -0.4 is 10.2 Å². The van der Waals surface area contributed by atoms with Gasteiger partial charge in [-0.05, 0) is 31.9 Å². The molecule has 0 aliphatic carbocycles. The maximum absolute atomic E-state index is 12.0. The second kappa shape index (κ2) is 4.02. The molecular formula is C13H17N3O. The molecule has 1 amide bonds. The fraction of sp³-hybridized carbons (Fsp3) is 0.538. The number of fused-ring (bicyclic) bond motifs is 3. The van der Waals surface area contributed by atoms with E-state index in [1.165, 1.54) is 6.42 Å². The van der Waals surface area contributed by atoms with E-state index in [1.807, 2.05) is 19.1 Å². The van der Waals surface area contributed by atoms with Crippen LogP contribution in [-0.2, 0) is 4.79 Å². The molecule has 1 aromatic heterocycles. The van der Waals surface area contributed by atoms with Gasteiger partial charge in [-0.25, -0.2) is 4.98 Å². The van der Waals surface area contributed by atoms with Gasteiger partial charge in [0, 0.05) is 12.2 Å². The molecule has 1 fully saturated rings. The molecular weight excluding hydrogens is 214 g/mol. The van der Waals surface area contributed by atoms with Crippen LogP contribution in [0.5, 0.6) is 0 Å². The molecule has 1 N–H and O–H groups in total. The number of pyridine rings is 1. The minimum absolute atomic E-state index is 0.0145. The Bertz CT molecular complexity index is 458. The van der Waals surface area contributed by atoms with Gasteiger partial charge in [0.2, 0.25) is 5.91 Å². The van der Waals surface area contributed by atoms with Crippen LogP contribution in [-0.4, -0.2) is 23.5 Å². The normalized spacial score (nSPS) is 23.5. The summed E-state index contributed by atoms with van der Waals surface area (Å²) in [6.07, 6.45) is 4.44. The third-order valence-electron chi connectivity index (χ3n) is 3.60. The number of aromatic nitrogens is 1. The highest BCUT2D eigenvalue weighted by molar-refractivity contribution is 6.02. The molecule has 0 spiro atoms. The zero-order chi connectivity index (χ0) is 11.8. The van der Waals surface area contributed by atoms with Gasteiger partial charge in [0.05, 0.1) is 5.69 Å². The van der Waals surface area contributed by atoms with Crippen molar-refractivity contribution in [1.29, 1.82) is 0 Å². The third kappa shape index (κ3) is 1.77. The molecule has 0 bridgehead atoms. The van der Waals surface area contributed by atoms with Crippen LogP contribution >= 0.6 is 0 Å². The van der Waals surface area contributed by atoms with Crippen molar-refractivity contribution in [2.24, 2.45) is 0 Å². The van der Waals surface area contributed by atoms with Crippen molar-refractivity contribution in [1.82, 2.24) is 4.98 Å². The molecule has 2 aliphatic heterocycles. The molecule has 1 saturated heterocycles. The summed E-state index contributed by atoms with van der Waals surface area (Å²) < 4.78 is 0. The molecule has 0 radical (unpaired) electrons. The van der Waals surface area contributed by atoms with Gasteiger partial charge in [-0.3, -0.25) is 4.79 Å². The SMILES string of the molecule is Cc1ccc2c(n1)N1CCCCCC1C(=O)N2. The minimum Gasteiger partial charge on any atom is -0.343 e. The summed E-state index contributed by atoms with van der Waals surface area (Å²) in [6.45, 7) is 2.94. The van der Waals surface area contributed by atoms with Crippen molar-refractivity contribution < 1.29 is 4.79 Å². The lowest BCUT2D eigenvalue weighted by molar-refractivity contribution is -0.117. The summed E-state index contributed by atoms with van der Waals surface area (Å²) in [5.41, 5.74) is 1.86. The first-order valence-electron chi connectivity index (χ1n) is 6.31. The fourth-order valence-corrected chi connectivity index (χ4v) is 2.71. The van der Waals surface area contributed by atoms with Crippen LogP contribution in [0.15, 0.2) is 12.1 Å². The molecule has 0 aromatic carbocycles. The Morgan fingerprint density at radius 3 is 3.12 bits per heavy atom. The predicted octanol–water partition coefficient (Wildman–Crippen LogP) is 2.09. The summed E-state index contributed by atoms with van der Waals surface area (Å²) in [5.74, 6) is 1.08. The molecule has 3 rings (SSSR count). The summed E-state index contributed by atoms with van der Waals surface area (Å²) in [4.78, 5) is 18.8. The smallest absolute Gasteiger partial charge is 0.247 e. The van der Waals surface area contributed by atoms with E-state index in [9.17, 15) is 4.79 Å². The third-order valence-corrected chi connectivity index (χ3v) is 3.60. The van der Waals surface area contributed by atoms with E-state index < -0.39 is 0 Å². The predicted molar refractivity (Wildman–Crippen MR) is 67.2 cm³/mol. The largest absolute Gasteiger partial charge is 0.343 e. The zero-order valence-electron chi connectivity index (χ0n) is 10.1. The number of anilines is 2. The van der Waals surface area contributed by atoms with Gasteiger partial charge in [0.25, 0.3) is 0 Å². The van der Waals surface area contributed by atoms with Crippen molar-refractivity contribution in [3.8, 4) is 0 Å². The number of nitrogens with zero attached hydrogens (tertiary/aromatic N) is 2. The van der Waals surface area contributed by atoms with E-state index in [-0.39, 0.29) is 11.9 Å². The molecule has 1 atom stereocenters. The number of hydrogen-bond donors (Lipinski definition) is 1. The van der Waals surface area contributed by atoms with Gasteiger partial charge < -0.3 is 10.2 Å². The Hall–Kier alpha value is -1.58. The van der Waals surface area contributed by atoms with Crippen LogP contribution in [0.25, 0.3) is 0 Å². The molecule has 1 unspecified atom stereocenters. The first-order valence-corrected chi connectivity index (χ1v) is 6.31. The number of hydrogen-bond acceptors (Lipinski definition) is 3. The zero-order valence-corrected chi connectivity index (χ0v) is 10.1. The monoisotopic (exact) mass is 231 g/mol. The van der Waals surface area contributed by atoms with Gasteiger partial charge in [-0.15, -0.1) is 0 Å². The quantitative estimate of drug-likeness (QED) is 0.743. The second-order valence-electron chi connectivity index (χ2n) is 4.87. The highest BCUT2D eigenvalue weighted by Crippen LogP contribution is 2.33. The van der Waals surface area contributed by atoms with Crippen molar-refractivity contribution in [3.63, 3.8) is 0 Å². The average Bonchev–Trinajstić information content (AvgIpc) is 2.56. The molecule has 3 heterocycles. The number of aryl methyl sites for hydroxylation is 1. The summed E-state index contributed by atoms with van der Waals surface area (Å²) >= 11 is 0. The maximum Gasteiger partial charge on any atom is 0.247 e. The topological polar surface area (TPSA) is 45.2 Å². The Morgan fingerprint density at radius 1 is 1.35 bits per heavy atom. The van der Waals surface area contributed by atoms with E-state index >= 15 is 0 Å². The van der Waals surface area contributed by atoms with Gasteiger partial charge in [-0.1, -0.05) is 12.8 Å². The summed E-state index contributed by atoms with van der Waals surface area (Å²) in [5, 5.41) is 2.97. The highest BCUT2D eigenvalue weighted by atomic mass is 16.2. The maximum atomic E-state index is 12.0. The summed E-state index contributed by atoms with van der Waals surface area (Å²) in [7, 11) is 0. The van der Waals surface area contributed by atoms with E-state index in [0.717, 1.165) is 43.0 Å². The van der Waals surface area contributed by atoms with Gasteiger partial charge in [-0.2, -0.15) is 0 Å².